The predicted octanol–water partition coefficient (Wildman–Crippen LogP) is 2.84. The summed E-state index contributed by atoms with van der Waals surface area (Å²) in [5, 5.41) is 14.6. The van der Waals surface area contributed by atoms with Gasteiger partial charge >= 0.3 is 6.03 Å². The van der Waals surface area contributed by atoms with Gasteiger partial charge in [0.25, 0.3) is 0 Å². The molecule has 24 heavy (non-hydrogen) atoms. The van der Waals surface area contributed by atoms with Crippen molar-refractivity contribution in [2.45, 2.75) is 32.5 Å². The molecular formula is C19H24N2O3. The summed E-state index contributed by atoms with van der Waals surface area (Å²) in [5.74, 6) is 0.764. The van der Waals surface area contributed by atoms with Crippen molar-refractivity contribution in [1.82, 2.24) is 10.6 Å². The molecule has 128 valence electrons. The molecule has 2 rings (SSSR count). The highest BCUT2D eigenvalue weighted by Crippen LogP contribution is 2.15. The van der Waals surface area contributed by atoms with Crippen molar-refractivity contribution in [1.29, 1.82) is 0 Å². The molecule has 0 radical (unpaired) electrons. The van der Waals surface area contributed by atoms with Gasteiger partial charge < -0.3 is 20.5 Å². The van der Waals surface area contributed by atoms with Crippen LogP contribution in [-0.2, 0) is 13.2 Å². The van der Waals surface area contributed by atoms with Gasteiger partial charge in [0.1, 0.15) is 12.4 Å². The molecule has 2 amide bonds. The number of ether oxygens (including phenoxy) is 1. The fourth-order valence-electron chi connectivity index (χ4n) is 2.18. The maximum Gasteiger partial charge on any atom is 0.315 e. The molecule has 1 unspecified atom stereocenters. The summed E-state index contributed by atoms with van der Waals surface area (Å²) in [6.45, 7) is 2.75. The normalized spacial score (nSPS) is 11.6. The van der Waals surface area contributed by atoms with Gasteiger partial charge in [-0.3, -0.25) is 0 Å². The summed E-state index contributed by atoms with van der Waals surface area (Å²) >= 11 is 0. The summed E-state index contributed by atoms with van der Waals surface area (Å²) < 4.78 is 5.78. The van der Waals surface area contributed by atoms with Crippen LogP contribution in [-0.4, -0.2) is 23.8 Å². The van der Waals surface area contributed by atoms with E-state index >= 15 is 0 Å². The smallest absolute Gasteiger partial charge is 0.315 e. The summed E-state index contributed by atoms with van der Waals surface area (Å²) in [6, 6.07) is 17.1. The SMILES string of the molecule is CCC(CO)NC(=O)NCc1cccc(OCc2ccccc2)c1. The highest BCUT2D eigenvalue weighted by atomic mass is 16.5. The van der Waals surface area contributed by atoms with Crippen LogP contribution in [0.4, 0.5) is 4.79 Å². The highest BCUT2D eigenvalue weighted by molar-refractivity contribution is 5.74. The summed E-state index contributed by atoms with van der Waals surface area (Å²) in [5.41, 5.74) is 2.06. The molecule has 0 aliphatic rings. The lowest BCUT2D eigenvalue weighted by molar-refractivity contribution is 0.214. The Balaban J connectivity index is 1.83. The summed E-state index contributed by atoms with van der Waals surface area (Å²) in [4.78, 5) is 11.8. The average molecular weight is 328 g/mol. The first-order valence-electron chi connectivity index (χ1n) is 8.12. The van der Waals surface area contributed by atoms with Crippen molar-refractivity contribution in [2.24, 2.45) is 0 Å². The molecule has 0 bridgehead atoms. The van der Waals surface area contributed by atoms with Crippen molar-refractivity contribution in [2.75, 3.05) is 6.61 Å². The van der Waals surface area contributed by atoms with Crippen LogP contribution in [0.3, 0.4) is 0 Å². The number of rotatable bonds is 8. The zero-order valence-electron chi connectivity index (χ0n) is 13.9. The van der Waals surface area contributed by atoms with E-state index in [4.69, 9.17) is 9.84 Å². The zero-order valence-corrected chi connectivity index (χ0v) is 13.9. The number of benzene rings is 2. The number of carbonyl (C=O) groups excluding carboxylic acids is 1. The van der Waals surface area contributed by atoms with E-state index in [0.717, 1.165) is 16.9 Å². The Hall–Kier alpha value is -2.53. The van der Waals surface area contributed by atoms with E-state index in [0.29, 0.717) is 19.6 Å². The van der Waals surface area contributed by atoms with Crippen molar-refractivity contribution in [3.63, 3.8) is 0 Å². The quantitative estimate of drug-likeness (QED) is 0.698. The number of hydrogen-bond donors (Lipinski definition) is 3. The third kappa shape index (κ3) is 5.93. The predicted molar refractivity (Wildman–Crippen MR) is 93.8 cm³/mol. The molecule has 0 fully saturated rings. The van der Waals surface area contributed by atoms with E-state index in [9.17, 15) is 4.79 Å². The maximum atomic E-state index is 11.8. The minimum Gasteiger partial charge on any atom is -0.489 e. The molecule has 0 saturated carbocycles. The molecule has 0 aliphatic heterocycles. The number of aliphatic hydroxyl groups is 1. The standard InChI is InChI=1S/C19H24N2O3/c1-2-17(13-22)21-19(23)20-12-16-9-6-10-18(11-16)24-14-15-7-4-3-5-8-15/h3-11,17,22H,2,12-14H2,1H3,(H2,20,21,23). The number of hydrogen-bond acceptors (Lipinski definition) is 3. The molecular weight excluding hydrogens is 304 g/mol. The molecule has 0 heterocycles. The van der Waals surface area contributed by atoms with Gasteiger partial charge in [0, 0.05) is 6.54 Å². The third-order valence-corrected chi connectivity index (χ3v) is 3.65. The largest absolute Gasteiger partial charge is 0.489 e. The lowest BCUT2D eigenvalue weighted by atomic mass is 10.2. The van der Waals surface area contributed by atoms with Gasteiger partial charge in [-0.25, -0.2) is 4.79 Å². The van der Waals surface area contributed by atoms with Gasteiger partial charge in [0.05, 0.1) is 12.6 Å². The van der Waals surface area contributed by atoms with Crippen LogP contribution in [0.15, 0.2) is 54.6 Å². The Bertz CT molecular complexity index is 628. The lowest BCUT2D eigenvalue weighted by Crippen LogP contribution is -2.43. The number of nitrogens with one attached hydrogen (secondary N) is 2. The lowest BCUT2D eigenvalue weighted by Gasteiger charge is -2.15. The monoisotopic (exact) mass is 328 g/mol. The Morgan fingerprint density at radius 3 is 2.58 bits per heavy atom. The molecule has 3 N–H and O–H groups in total. The van der Waals surface area contributed by atoms with Crippen molar-refractivity contribution in [3.8, 4) is 5.75 Å². The second kappa shape index (κ2) is 9.57. The second-order valence-electron chi connectivity index (χ2n) is 5.54. The third-order valence-electron chi connectivity index (χ3n) is 3.65. The van der Waals surface area contributed by atoms with E-state index in [1.807, 2.05) is 61.5 Å². The highest BCUT2D eigenvalue weighted by Gasteiger charge is 2.08. The van der Waals surface area contributed by atoms with Crippen molar-refractivity contribution in [3.05, 3.63) is 65.7 Å². The second-order valence-corrected chi connectivity index (χ2v) is 5.54. The van der Waals surface area contributed by atoms with E-state index in [1.165, 1.54) is 0 Å². The Morgan fingerprint density at radius 2 is 1.88 bits per heavy atom. The summed E-state index contributed by atoms with van der Waals surface area (Å²) in [6.07, 6.45) is 0.687. The van der Waals surface area contributed by atoms with E-state index < -0.39 is 0 Å². The molecule has 0 aliphatic carbocycles. The van der Waals surface area contributed by atoms with Crippen LogP contribution in [0.5, 0.6) is 5.75 Å². The summed E-state index contributed by atoms with van der Waals surface area (Å²) in [7, 11) is 0. The number of aliphatic hydroxyl groups excluding tert-OH is 1. The first-order valence-corrected chi connectivity index (χ1v) is 8.12. The number of urea groups is 1. The van der Waals surface area contributed by atoms with Gasteiger partial charge in [-0.05, 0) is 29.7 Å². The van der Waals surface area contributed by atoms with Crippen LogP contribution in [0.1, 0.15) is 24.5 Å². The Morgan fingerprint density at radius 1 is 1.12 bits per heavy atom. The van der Waals surface area contributed by atoms with Gasteiger partial charge in [0.15, 0.2) is 0 Å². The van der Waals surface area contributed by atoms with Crippen LogP contribution in [0, 0.1) is 0 Å². The minimum absolute atomic E-state index is 0.0628. The van der Waals surface area contributed by atoms with Gasteiger partial charge in [-0.1, -0.05) is 49.4 Å². The number of amides is 2. The van der Waals surface area contributed by atoms with Crippen LogP contribution in [0.25, 0.3) is 0 Å². The van der Waals surface area contributed by atoms with Crippen LogP contribution >= 0.6 is 0 Å². The van der Waals surface area contributed by atoms with Crippen LogP contribution < -0.4 is 15.4 Å². The van der Waals surface area contributed by atoms with Gasteiger partial charge in [-0.2, -0.15) is 0 Å². The fraction of sp³-hybridized carbons (Fsp3) is 0.316. The van der Waals surface area contributed by atoms with E-state index in [2.05, 4.69) is 10.6 Å². The fourth-order valence-corrected chi connectivity index (χ4v) is 2.18. The molecule has 5 heteroatoms. The molecule has 2 aromatic rings. The van der Waals surface area contributed by atoms with Gasteiger partial charge in [0.2, 0.25) is 0 Å². The molecule has 0 aromatic heterocycles. The molecule has 2 aromatic carbocycles. The topological polar surface area (TPSA) is 70.6 Å². The molecule has 0 saturated heterocycles. The Kier molecular flexibility index (Phi) is 7.11. The van der Waals surface area contributed by atoms with Crippen molar-refractivity contribution < 1.29 is 14.6 Å². The van der Waals surface area contributed by atoms with Crippen LogP contribution in [0.2, 0.25) is 0 Å². The zero-order chi connectivity index (χ0) is 17.2. The van der Waals surface area contributed by atoms with Gasteiger partial charge in [-0.15, -0.1) is 0 Å². The first-order chi connectivity index (χ1) is 11.7. The maximum absolute atomic E-state index is 11.8. The molecule has 0 spiro atoms. The first kappa shape index (κ1) is 17.8. The van der Waals surface area contributed by atoms with Crippen molar-refractivity contribution >= 4 is 6.03 Å². The number of carbonyl (C=O) groups is 1. The Labute approximate surface area is 142 Å². The molecule has 1 atom stereocenters. The average Bonchev–Trinajstić information content (AvgIpc) is 2.64. The molecule has 5 nitrogen and oxygen atoms in total. The van der Waals surface area contributed by atoms with E-state index in [-0.39, 0.29) is 18.7 Å². The van der Waals surface area contributed by atoms with E-state index in [1.54, 1.807) is 0 Å². The minimum atomic E-state index is -0.286.